The van der Waals surface area contributed by atoms with Crippen molar-refractivity contribution in [2.24, 2.45) is 0 Å². The van der Waals surface area contributed by atoms with E-state index in [9.17, 15) is 14.0 Å². The minimum Gasteiger partial charge on any atom is -0.496 e. The molecule has 1 aromatic heterocycles. The number of hydrogen-bond donors (Lipinski definition) is 2. The third-order valence-electron chi connectivity index (χ3n) is 4.08. The van der Waals surface area contributed by atoms with Crippen LogP contribution in [0.4, 0.5) is 4.39 Å². The molecule has 1 fully saturated rings. The zero-order valence-electron chi connectivity index (χ0n) is 13.0. The number of halogens is 1. The van der Waals surface area contributed by atoms with E-state index in [1.165, 1.54) is 30.7 Å². The van der Waals surface area contributed by atoms with Crippen LogP contribution in [0.5, 0.6) is 5.75 Å². The molecule has 1 aliphatic rings. The van der Waals surface area contributed by atoms with Gasteiger partial charge in [0.05, 0.1) is 12.7 Å². The number of carboxylic acid groups (broad SMARTS) is 1. The maximum Gasteiger partial charge on any atom is 0.345 e. The Morgan fingerprint density at radius 1 is 1.38 bits per heavy atom. The van der Waals surface area contributed by atoms with Gasteiger partial charge in [-0.05, 0) is 49.1 Å². The van der Waals surface area contributed by atoms with Crippen LogP contribution in [0.3, 0.4) is 0 Å². The lowest BCUT2D eigenvalue weighted by Crippen LogP contribution is -2.38. The van der Waals surface area contributed by atoms with Crippen molar-refractivity contribution in [1.29, 1.82) is 0 Å². The highest BCUT2D eigenvalue weighted by atomic mass is 32.1. The summed E-state index contributed by atoms with van der Waals surface area (Å²) in [5.41, 5.74) is 0.602. The van der Waals surface area contributed by atoms with Crippen molar-refractivity contribution in [3.05, 3.63) is 51.5 Å². The molecule has 0 aliphatic heterocycles. The van der Waals surface area contributed by atoms with E-state index in [1.54, 1.807) is 6.07 Å². The summed E-state index contributed by atoms with van der Waals surface area (Å²) in [5, 5.41) is 13.4. The predicted molar refractivity (Wildman–Crippen MR) is 87.4 cm³/mol. The van der Waals surface area contributed by atoms with E-state index in [4.69, 9.17) is 9.84 Å². The van der Waals surface area contributed by atoms with Crippen molar-refractivity contribution in [3.8, 4) is 5.75 Å². The Morgan fingerprint density at radius 3 is 2.71 bits per heavy atom. The lowest BCUT2D eigenvalue weighted by atomic mass is 10.0. The fourth-order valence-corrected chi connectivity index (χ4v) is 3.35. The van der Waals surface area contributed by atoms with Gasteiger partial charge in [0.25, 0.3) is 5.91 Å². The standard InChI is InChI=1S/C17H16FNO4S/c1-23-13-3-2-12(18)6-10(13)8-17(4-5-17)19-15(20)11-7-14(16(21)22)24-9-11/h2-3,6-7,9H,4-5,8H2,1H3,(H,19,20)(H,21,22). The Labute approximate surface area is 142 Å². The number of rotatable bonds is 6. The molecule has 2 aromatic rings. The first-order valence-electron chi connectivity index (χ1n) is 7.39. The van der Waals surface area contributed by atoms with Crippen LogP contribution < -0.4 is 10.1 Å². The van der Waals surface area contributed by atoms with Crippen LogP contribution >= 0.6 is 11.3 Å². The van der Waals surface area contributed by atoms with E-state index in [0.717, 1.165) is 24.2 Å². The van der Waals surface area contributed by atoms with E-state index >= 15 is 0 Å². The van der Waals surface area contributed by atoms with Crippen molar-refractivity contribution in [1.82, 2.24) is 5.32 Å². The number of carbonyl (C=O) groups is 2. The van der Waals surface area contributed by atoms with Crippen LogP contribution in [-0.2, 0) is 6.42 Å². The summed E-state index contributed by atoms with van der Waals surface area (Å²) in [4.78, 5) is 23.4. The number of benzene rings is 1. The zero-order valence-corrected chi connectivity index (χ0v) is 13.8. The summed E-state index contributed by atoms with van der Waals surface area (Å²) < 4.78 is 18.7. The summed E-state index contributed by atoms with van der Waals surface area (Å²) >= 11 is 1.01. The summed E-state index contributed by atoms with van der Waals surface area (Å²) in [7, 11) is 1.52. The van der Waals surface area contributed by atoms with Crippen LogP contribution in [0.2, 0.25) is 0 Å². The number of methoxy groups -OCH3 is 1. The lowest BCUT2D eigenvalue weighted by Gasteiger charge is -2.19. The van der Waals surface area contributed by atoms with Gasteiger partial charge in [-0.25, -0.2) is 9.18 Å². The SMILES string of the molecule is COc1ccc(F)cc1CC1(NC(=O)c2csc(C(=O)O)c2)CC1. The van der Waals surface area contributed by atoms with Crippen molar-refractivity contribution in [3.63, 3.8) is 0 Å². The first-order chi connectivity index (χ1) is 11.4. The van der Waals surface area contributed by atoms with Gasteiger partial charge in [-0.15, -0.1) is 11.3 Å². The molecule has 126 valence electrons. The molecular weight excluding hydrogens is 333 g/mol. The summed E-state index contributed by atoms with van der Waals surface area (Å²) in [5.74, 6) is -1.13. The van der Waals surface area contributed by atoms with E-state index in [0.29, 0.717) is 23.3 Å². The number of thiophene rings is 1. The minimum atomic E-state index is -1.05. The molecule has 1 saturated carbocycles. The molecule has 5 nitrogen and oxygen atoms in total. The van der Waals surface area contributed by atoms with Gasteiger partial charge in [0.1, 0.15) is 16.4 Å². The molecule has 1 heterocycles. The molecule has 0 spiro atoms. The Morgan fingerprint density at radius 2 is 2.12 bits per heavy atom. The Bertz CT molecular complexity index is 798. The number of aromatic carboxylic acids is 1. The minimum absolute atomic E-state index is 0.122. The number of nitrogens with one attached hydrogen (secondary N) is 1. The van der Waals surface area contributed by atoms with E-state index in [2.05, 4.69) is 5.32 Å². The van der Waals surface area contributed by atoms with Crippen molar-refractivity contribution in [2.75, 3.05) is 7.11 Å². The predicted octanol–water partition coefficient (Wildman–Crippen LogP) is 3.10. The molecule has 0 bridgehead atoms. The van der Waals surface area contributed by atoms with Crippen molar-refractivity contribution in [2.45, 2.75) is 24.8 Å². The van der Waals surface area contributed by atoms with Gasteiger partial charge in [0.15, 0.2) is 0 Å². The molecule has 3 rings (SSSR count). The Kier molecular flexibility index (Phi) is 4.28. The molecule has 1 aromatic carbocycles. The van der Waals surface area contributed by atoms with Crippen LogP contribution in [-0.4, -0.2) is 29.6 Å². The number of amides is 1. The monoisotopic (exact) mass is 349 g/mol. The average Bonchev–Trinajstić information content (AvgIpc) is 3.10. The van der Waals surface area contributed by atoms with E-state index in [-0.39, 0.29) is 16.6 Å². The van der Waals surface area contributed by atoms with E-state index in [1.807, 2.05) is 0 Å². The maximum atomic E-state index is 13.5. The third kappa shape index (κ3) is 3.41. The number of ether oxygens (including phenoxy) is 1. The first-order valence-corrected chi connectivity index (χ1v) is 8.27. The van der Waals surface area contributed by atoms with Gasteiger partial charge < -0.3 is 15.2 Å². The van der Waals surface area contributed by atoms with Crippen LogP contribution in [0.15, 0.2) is 29.6 Å². The highest BCUT2D eigenvalue weighted by Gasteiger charge is 2.44. The lowest BCUT2D eigenvalue weighted by molar-refractivity contribution is 0.0702. The van der Waals surface area contributed by atoms with E-state index < -0.39 is 11.5 Å². The van der Waals surface area contributed by atoms with Gasteiger partial charge >= 0.3 is 5.97 Å². The second-order valence-corrected chi connectivity index (χ2v) is 6.78. The number of hydrogen-bond acceptors (Lipinski definition) is 4. The first kappa shape index (κ1) is 16.4. The van der Waals surface area contributed by atoms with Gasteiger partial charge in [-0.2, -0.15) is 0 Å². The van der Waals surface area contributed by atoms with Gasteiger partial charge in [0.2, 0.25) is 0 Å². The highest BCUT2D eigenvalue weighted by molar-refractivity contribution is 7.12. The molecule has 1 amide bonds. The smallest absolute Gasteiger partial charge is 0.345 e. The van der Waals surface area contributed by atoms with Gasteiger partial charge in [0, 0.05) is 10.9 Å². The average molecular weight is 349 g/mol. The molecule has 0 radical (unpaired) electrons. The quantitative estimate of drug-likeness (QED) is 0.840. The molecule has 24 heavy (non-hydrogen) atoms. The fourth-order valence-electron chi connectivity index (χ4n) is 2.63. The second kappa shape index (κ2) is 6.24. The van der Waals surface area contributed by atoms with Crippen LogP contribution in [0.1, 0.15) is 38.4 Å². The Hall–Kier alpha value is -2.41. The van der Waals surface area contributed by atoms with Gasteiger partial charge in [-0.1, -0.05) is 0 Å². The summed E-state index contributed by atoms with van der Waals surface area (Å²) in [6.07, 6.45) is 2.04. The normalized spacial score (nSPS) is 14.9. The highest BCUT2D eigenvalue weighted by Crippen LogP contribution is 2.41. The molecule has 0 atom stereocenters. The number of carboxylic acids is 1. The van der Waals surface area contributed by atoms with Crippen LogP contribution in [0.25, 0.3) is 0 Å². The molecule has 0 unspecified atom stereocenters. The molecule has 2 N–H and O–H groups in total. The van der Waals surface area contributed by atoms with Gasteiger partial charge in [-0.3, -0.25) is 4.79 Å². The maximum absolute atomic E-state index is 13.5. The fraction of sp³-hybridized carbons (Fsp3) is 0.294. The Balaban J connectivity index is 1.73. The summed E-state index contributed by atoms with van der Waals surface area (Å²) in [6.45, 7) is 0. The van der Waals surface area contributed by atoms with Crippen molar-refractivity contribution >= 4 is 23.2 Å². The van der Waals surface area contributed by atoms with Crippen LogP contribution in [0, 0.1) is 5.82 Å². The second-order valence-electron chi connectivity index (χ2n) is 5.87. The molecule has 0 saturated heterocycles. The summed E-state index contributed by atoms with van der Waals surface area (Å²) in [6, 6.07) is 5.68. The van der Waals surface area contributed by atoms with Crippen molar-refractivity contribution < 1.29 is 23.8 Å². The largest absolute Gasteiger partial charge is 0.496 e. The zero-order chi connectivity index (χ0) is 17.3. The molecule has 7 heteroatoms. The molecular formula is C17H16FNO4S. The number of carbonyl (C=O) groups excluding carboxylic acids is 1. The third-order valence-corrected chi connectivity index (χ3v) is 4.99. The molecule has 1 aliphatic carbocycles. The topological polar surface area (TPSA) is 75.6 Å².